The average Bonchev–Trinajstić information content (AvgIpc) is 3.16. The topological polar surface area (TPSA) is 80.3 Å². The lowest BCUT2D eigenvalue weighted by Gasteiger charge is -2.29. The summed E-state index contributed by atoms with van der Waals surface area (Å²) in [7, 11) is 0. The largest absolute Gasteiger partial charge is 0.487 e. The first-order valence-electron chi connectivity index (χ1n) is 10.8. The minimum atomic E-state index is -0.153. The van der Waals surface area contributed by atoms with Crippen molar-refractivity contribution in [1.82, 2.24) is 15.6 Å². The molecule has 1 aliphatic rings. The molecule has 2 atom stereocenters. The number of hydrogen-bond acceptors (Lipinski definition) is 5. The van der Waals surface area contributed by atoms with E-state index in [1.54, 1.807) is 17.4 Å². The number of carbonyl (C=O) groups is 2. The second kappa shape index (κ2) is 11.1. The third kappa shape index (κ3) is 7.21. The number of aryl methyl sites for hydroxylation is 1. The Kier molecular flexibility index (Phi) is 8.23. The van der Waals surface area contributed by atoms with Crippen LogP contribution < -0.4 is 15.4 Å². The molecule has 2 N–H and O–H groups in total. The molecule has 1 saturated carbocycles. The van der Waals surface area contributed by atoms with Crippen molar-refractivity contribution < 1.29 is 14.3 Å². The number of para-hydroxylation sites is 1. The van der Waals surface area contributed by atoms with E-state index >= 15 is 0 Å². The van der Waals surface area contributed by atoms with E-state index in [1.807, 2.05) is 50.4 Å². The molecule has 0 bridgehead atoms. The number of nitrogens with zero attached hydrogens (tertiary/aromatic N) is 1. The van der Waals surface area contributed by atoms with Gasteiger partial charge in [-0.15, -0.1) is 11.3 Å². The Morgan fingerprint density at radius 3 is 2.84 bits per heavy atom. The van der Waals surface area contributed by atoms with Gasteiger partial charge in [-0.2, -0.15) is 0 Å². The van der Waals surface area contributed by atoms with Crippen molar-refractivity contribution in [3.8, 4) is 5.75 Å². The second-order valence-corrected chi connectivity index (χ2v) is 9.31. The van der Waals surface area contributed by atoms with Crippen LogP contribution in [0.2, 0.25) is 0 Å². The summed E-state index contributed by atoms with van der Waals surface area (Å²) in [5.74, 6) is 0.611. The third-order valence-corrected chi connectivity index (χ3v) is 6.02. The molecule has 1 aromatic carbocycles. The minimum absolute atomic E-state index is 0.0215. The zero-order valence-electron chi connectivity index (χ0n) is 18.4. The molecule has 2 amide bonds. The number of rotatable bonds is 8. The molecular formula is C24H31N3O3S. The fourth-order valence-electron chi connectivity index (χ4n) is 3.75. The lowest BCUT2D eigenvalue weighted by Crippen LogP contribution is -2.43. The number of hydrogen-bond donors (Lipinski definition) is 2. The predicted octanol–water partition coefficient (Wildman–Crippen LogP) is 4.24. The van der Waals surface area contributed by atoms with Crippen molar-refractivity contribution in [2.24, 2.45) is 5.92 Å². The fraction of sp³-hybridized carbons (Fsp3) is 0.458. The van der Waals surface area contributed by atoms with Gasteiger partial charge in [-0.3, -0.25) is 9.59 Å². The first kappa shape index (κ1) is 23.0. The Bertz CT molecular complexity index is 922. The minimum Gasteiger partial charge on any atom is -0.487 e. The molecule has 1 heterocycles. The summed E-state index contributed by atoms with van der Waals surface area (Å²) in [5, 5.41) is 9.03. The van der Waals surface area contributed by atoms with Gasteiger partial charge in [0.2, 0.25) is 11.8 Å². The van der Waals surface area contributed by atoms with Crippen LogP contribution in [0.5, 0.6) is 5.75 Å². The van der Waals surface area contributed by atoms with Gasteiger partial charge in [-0.05, 0) is 52.2 Å². The maximum absolute atomic E-state index is 12.5. The molecule has 7 heteroatoms. The Balaban J connectivity index is 1.54. The number of nitrogens with one attached hydrogen (secondary N) is 2. The van der Waals surface area contributed by atoms with E-state index in [0.717, 1.165) is 35.5 Å². The molecule has 2 aromatic rings. The monoisotopic (exact) mass is 441 g/mol. The Hall–Kier alpha value is -2.67. The quantitative estimate of drug-likeness (QED) is 0.601. The highest BCUT2D eigenvalue weighted by molar-refractivity contribution is 7.09. The Morgan fingerprint density at radius 1 is 1.29 bits per heavy atom. The van der Waals surface area contributed by atoms with Gasteiger partial charge in [-0.25, -0.2) is 4.98 Å². The lowest BCUT2D eigenvalue weighted by atomic mass is 9.85. The summed E-state index contributed by atoms with van der Waals surface area (Å²) in [6, 6.07) is 7.77. The maximum atomic E-state index is 12.5. The average molecular weight is 442 g/mol. The molecule has 6 nitrogen and oxygen atoms in total. The van der Waals surface area contributed by atoms with Crippen LogP contribution in [-0.4, -0.2) is 28.9 Å². The van der Waals surface area contributed by atoms with Crippen molar-refractivity contribution in [3.63, 3.8) is 0 Å². The number of aromatic nitrogens is 1. The molecule has 2 unspecified atom stereocenters. The van der Waals surface area contributed by atoms with Crippen LogP contribution in [0.4, 0.5) is 0 Å². The van der Waals surface area contributed by atoms with Crippen LogP contribution >= 0.6 is 11.3 Å². The fourth-order valence-corrected chi connectivity index (χ4v) is 4.35. The van der Waals surface area contributed by atoms with Gasteiger partial charge in [0.05, 0.1) is 10.7 Å². The number of thiazole rings is 1. The number of benzene rings is 1. The van der Waals surface area contributed by atoms with Crippen LogP contribution in [0.15, 0.2) is 35.7 Å². The van der Waals surface area contributed by atoms with Crippen LogP contribution in [-0.2, 0) is 16.2 Å². The molecular weight excluding hydrogens is 410 g/mol. The van der Waals surface area contributed by atoms with Crippen molar-refractivity contribution in [2.75, 3.05) is 0 Å². The van der Waals surface area contributed by atoms with Gasteiger partial charge in [0.1, 0.15) is 12.4 Å². The van der Waals surface area contributed by atoms with Crippen molar-refractivity contribution in [1.29, 1.82) is 0 Å². The standard InChI is InChI=1S/C24H31N3O3S/c1-16(2)25-24(29)19-8-6-9-20(13-19)27-23(28)12-11-18-7-4-5-10-22(18)30-14-21-15-31-17(3)26-21/h4-5,7,10-12,15-16,19-20H,6,8-9,13-14H2,1-3H3,(H,25,29)(H,27,28)/b12-11+. The third-order valence-electron chi connectivity index (χ3n) is 5.20. The van der Waals surface area contributed by atoms with Crippen molar-refractivity contribution >= 4 is 29.2 Å². The van der Waals surface area contributed by atoms with E-state index in [4.69, 9.17) is 4.74 Å². The Labute approximate surface area is 188 Å². The van der Waals surface area contributed by atoms with Crippen molar-refractivity contribution in [2.45, 2.75) is 65.1 Å². The van der Waals surface area contributed by atoms with Gasteiger partial charge >= 0.3 is 0 Å². The maximum Gasteiger partial charge on any atom is 0.244 e. The van der Waals surface area contributed by atoms with Gasteiger partial charge in [0, 0.05) is 35.0 Å². The van der Waals surface area contributed by atoms with E-state index in [-0.39, 0.29) is 29.8 Å². The molecule has 0 saturated heterocycles. The number of carbonyl (C=O) groups excluding carboxylic acids is 2. The molecule has 0 radical (unpaired) electrons. The molecule has 1 aromatic heterocycles. The molecule has 0 aliphatic heterocycles. The van der Waals surface area contributed by atoms with E-state index < -0.39 is 0 Å². The SMILES string of the molecule is Cc1nc(COc2ccccc2/C=C/C(=O)NC2CCCC(C(=O)NC(C)C)C2)cs1. The van der Waals surface area contributed by atoms with Gasteiger partial charge in [0.25, 0.3) is 0 Å². The van der Waals surface area contributed by atoms with Crippen LogP contribution in [0.3, 0.4) is 0 Å². The first-order valence-corrected chi connectivity index (χ1v) is 11.7. The molecule has 3 rings (SSSR count). The smallest absolute Gasteiger partial charge is 0.244 e. The normalized spacial score (nSPS) is 18.8. The van der Waals surface area contributed by atoms with Gasteiger partial charge < -0.3 is 15.4 Å². The molecule has 31 heavy (non-hydrogen) atoms. The van der Waals surface area contributed by atoms with E-state index in [2.05, 4.69) is 15.6 Å². The summed E-state index contributed by atoms with van der Waals surface area (Å²) >= 11 is 1.60. The van der Waals surface area contributed by atoms with Crippen molar-refractivity contribution in [3.05, 3.63) is 52.0 Å². The zero-order chi connectivity index (χ0) is 22.2. The van der Waals surface area contributed by atoms with E-state index in [0.29, 0.717) is 18.8 Å². The highest BCUT2D eigenvalue weighted by Crippen LogP contribution is 2.25. The second-order valence-electron chi connectivity index (χ2n) is 8.25. The molecule has 166 valence electrons. The van der Waals surface area contributed by atoms with Gasteiger partial charge in [0.15, 0.2) is 0 Å². The molecule has 1 aliphatic carbocycles. The highest BCUT2D eigenvalue weighted by atomic mass is 32.1. The highest BCUT2D eigenvalue weighted by Gasteiger charge is 2.28. The van der Waals surface area contributed by atoms with Gasteiger partial charge in [-0.1, -0.05) is 24.6 Å². The lowest BCUT2D eigenvalue weighted by molar-refractivity contribution is -0.127. The predicted molar refractivity (Wildman–Crippen MR) is 124 cm³/mol. The molecule has 1 fully saturated rings. The summed E-state index contributed by atoms with van der Waals surface area (Å²) in [4.78, 5) is 29.2. The summed E-state index contributed by atoms with van der Waals surface area (Å²) in [5.41, 5.74) is 1.73. The number of amides is 2. The van der Waals surface area contributed by atoms with Crippen LogP contribution in [0.25, 0.3) is 6.08 Å². The zero-order valence-corrected chi connectivity index (χ0v) is 19.2. The Morgan fingerprint density at radius 2 is 2.10 bits per heavy atom. The summed E-state index contributed by atoms with van der Waals surface area (Å²) in [6.45, 7) is 6.28. The van der Waals surface area contributed by atoms with Crippen LogP contribution in [0.1, 0.15) is 55.8 Å². The molecule has 0 spiro atoms. The van der Waals surface area contributed by atoms with E-state index in [1.165, 1.54) is 6.08 Å². The van der Waals surface area contributed by atoms with E-state index in [9.17, 15) is 9.59 Å². The summed E-state index contributed by atoms with van der Waals surface area (Å²) < 4.78 is 5.91. The first-order chi connectivity index (χ1) is 14.9. The summed E-state index contributed by atoms with van der Waals surface area (Å²) in [6.07, 6.45) is 6.71. The number of ether oxygens (including phenoxy) is 1. The van der Waals surface area contributed by atoms with Crippen LogP contribution in [0, 0.1) is 12.8 Å².